The molecular formula is C16H25N3OS. The lowest BCUT2D eigenvalue weighted by Gasteiger charge is -2.19. The maximum atomic E-state index is 5.45. The average Bonchev–Trinajstić information content (AvgIpc) is 3.06. The SMILES string of the molecule is CCN(Cc1cc(CNC(C)(C)C)no1)Cc1cccs1. The Hall–Kier alpha value is -1.17. The number of nitrogens with one attached hydrogen (secondary N) is 1. The highest BCUT2D eigenvalue weighted by Gasteiger charge is 2.13. The fourth-order valence-electron chi connectivity index (χ4n) is 1.99. The first kappa shape index (κ1) is 16.2. The largest absolute Gasteiger partial charge is 0.360 e. The molecule has 0 aliphatic carbocycles. The summed E-state index contributed by atoms with van der Waals surface area (Å²) in [7, 11) is 0. The van der Waals surface area contributed by atoms with E-state index in [4.69, 9.17) is 4.52 Å². The maximum absolute atomic E-state index is 5.45. The van der Waals surface area contributed by atoms with Gasteiger partial charge in [0.05, 0.1) is 12.2 Å². The van der Waals surface area contributed by atoms with Gasteiger partial charge >= 0.3 is 0 Å². The van der Waals surface area contributed by atoms with Crippen LogP contribution in [0.1, 0.15) is 44.0 Å². The van der Waals surface area contributed by atoms with E-state index in [1.807, 2.05) is 0 Å². The molecule has 2 heterocycles. The van der Waals surface area contributed by atoms with Crippen LogP contribution < -0.4 is 5.32 Å². The van der Waals surface area contributed by atoms with Gasteiger partial charge in [-0.2, -0.15) is 0 Å². The lowest BCUT2D eigenvalue weighted by Crippen LogP contribution is -2.35. The molecule has 2 rings (SSSR count). The van der Waals surface area contributed by atoms with Gasteiger partial charge in [-0.3, -0.25) is 4.90 Å². The molecule has 0 bridgehead atoms. The zero-order valence-electron chi connectivity index (χ0n) is 13.3. The van der Waals surface area contributed by atoms with Crippen molar-refractivity contribution in [1.29, 1.82) is 0 Å². The molecule has 0 unspecified atom stereocenters. The highest BCUT2D eigenvalue weighted by atomic mass is 32.1. The van der Waals surface area contributed by atoms with Crippen LogP contribution in [0, 0.1) is 0 Å². The van der Waals surface area contributed by atoms with Crippen molar-refractivity contribution in [3.05, 3.63) is 39.9 Å². The van der Waals surface area contributed by atoms with Gasteiger partial charge in [0, 0.05) is 29.6 Å². The van der Waals surface area contributed by atoms with Crippen molar-refractivity contribution in [2.24, 2.45) is 0 Å². The van der Waals surface area contributed by atoms with Crippen LogP contribution in [-0.4, -0.2) is 22.1 Å². The predicted molar refractivity (Wildman–Crippen MR) is 87.2 cm³/mol. The van der Waals surface area contributed by atoms with Crippen molar-refractivity contribution in [3.63, 3.8) is 0 Å². The zero-order valence-corrected chi connectivity index (χ0v) is 14.2. The minimum Gasteiger partial charge on any atom is -0.360 e. The second kappa shape index (κ2) is 7.20. The van der Waals surface area contributed by atoms with Crippen LogP contribution in [0.2, 0.25) is 0 Å². The van der Waals surface area contributed by atoms with Crippen LogP contribution >= 0.6 is 11.3 Å². The van der Waals surface area contributed by atoms with Crippen molar-refractivity contribution < 1.29 is 4.52 Å². The van der Waals surface area contributed by atoms with Crippen molar-refractivity contribution in [2.75, 3.05) is 6.54 Å². The zero-order chi connectivity index (χ0) is 15.3. The molecule has 2 aromatic heterocycles. The lowest BCUT2D eigenvalue weighted by molar-refractivity contribution is 0.235. The Morgan fingerprint density at radius 1 is 1.33 bits per heavy atom. The van der Waals surface area contributed by atoms with E-state index in [2.05, 4.69) is 66.6 Å². The first-order valence-electron chi connectivity index (χ1n) is 7.40. The molecule has 0 saturated heterocycles. The van der Waals surface area contributed by atoms with E-state index in [1.165, 1.54) is 4.88 Å². The molecule has 0 aliphatic rings. The summed E-state index contributed by atoms with van der Waals surface area (Å²) in [6.07, 6.45) is 0. The summed E-state index contributed by atoms with van der Waals surface area (Å²) < 4.78 is 5.45. The minimum atomic E-state index is 0.0910. The molecule has 0 aromatic carbocycles. The fourth-order valence-corrected chi connectivity index (χ4v) is 2.74. The molecule has 1 N–H and O–H groups in total. The highest BCUT2D eigenvalue weighted by Crippen LogP contribution is 2.15. The Labute approximate surface area is 131 Å². The van der Waals surface area contributed by atoms with Crippen molar-refractivity contribution >= 4 is 11.3 Å². The molecule has 5 heteroatoms. The Bertz CT molecular complexity index is 528. The molecule has 0 aliphatic heterocycles. The van der Waals surface area contributed by atoms with Crippen LogP contribution in [0.15, 0.2) is 28.1 Å². The van der Waals surface area contributed by atoms with E-state index in [0.29, 0.717) is 0 Å². The molecule has 116 valence electrons. The van der Waals surface area contributed by atoms with Crippen LogP contribution in [-0.2, 0) is 19.6 Å². The molecule has 0 amide bonds. The van der Waals surface area contributed by atoms with Gasteiger partial charge in [0.15, 0.2) is 5.76 Å². The fraction of sp³-hybridized carbons (Fsp3) is 0.562. The molecule has 21 heavy (non-hydrogen) atoms. The van der Waals surface area contributed by atoms with E-state index >= 15 is 0 Å². The topological polar surface area (TPSA) is 41.3 Å². The number of rotatable bonds is 7. The quantitative estimate of drug-likeness (QED) is 0.848. The predicted octanol–water partition coefficient (Wildman–Crippen LogP) is 3.65. The number of hydrogen-bond acceptors (Lipinski definition) is 5. The normalized spacial score (nSPS) is 12.2. The standard InChI is InChI=1S/C16H25N3OS/c1-5-19(12-15-7-6-8-21-15)11-14-9-13(18-20-14)10-17-16(2,3)4/h6-9,17H,5,10-12H2,1-4H3. The molecule has 0 radical (unpaired) electrons. The number of aromatic nitrogens is 1. The molecule has 2 aromatic rings. The van der Waals surface area contributed by atoms with Gasteiger partial charge in [0.1, 0.15) is 0 Å². The van der Waals surface area contributed by atoms with Crippen molar-refractivity contribution in [2.45, 2.75) is 52.9 Å². The van der Waals surface area contributed by atoms with Crippen LogP contribution in [0.4, 0.5) is 0 Å². The summed E-state index contributed by atoms with van der Waals surface area (Å²) >= 11 is 1.80. The van der Waals surface area contributed by atoms with E-state index in [-0.39, 0.29) is 5.54 Å². The Morgan fingerprint density at radius 3 is 2.76 bits per heavy atom. The first-order valence-corrected chi connectivity index (χ1v) is 8.28. The van der Waals surface area contributed by atoms with E-state index in [1.54, 1.807) is 11.3 Å². The van der Waals surface area contributed by atoms with Crippen LogP contribution in [0.25, 0.3) is 0 Å². The van der Waals surface area contributed by atoms with Gasteiger partial charge < -0.3 is 9.84 Å². The van der Waals surface area contributed by atoms with Crippen molar-refractivity contribution in [1.82, 2.24) is 15.4 Å². The number of thiophene rings is 1. The summed E-state index contributed by atoms with van der Waals surface area (Å²) in [6, 6.07) is 6.32. The van der Waals surface area contributed by atoms with Gasteiger partial charge in [0.2, 0.25) is 0 Å². The minimum absolute atomic E-state index is 0.0910. The Morgan fingerprint density at radius 2 is 2.14 bits per heavy atom. The van der Waals surface area contributed by atoms with Gasteiger partial charge in [-0.05, 0) is 38.8 Å². The molecule has 0 saturated carbocycles. The monoisotopic (exact) mass is 307 g/mol. The van der Waals surface area contributed by atoms with Gasteiger partial charge in [0.25, 0.3) is 0 Å². The summed E-state index contributed by atoms with van der Waals surface area (Å²) in [4.78, 5) is 3.74. The molecule has 0 fully saturated rings. The average molecular weight is 307 g/mol. The maximum Gasteiger partial charge on any atom is 0.151 e. The summed E-state index contributed by atoms with van der Waals surface area (Å²) in [6.45, 7) is 12.1. The smallest absolute Gasteiger partial charge is 0.151 e. The number of nitrogens with zero attached hydrogens (tertiary/aromatic N) is 2. The van der Waals surface area contributed by atoms with Gasteiger partial charge in [-0.1, -0.05) is 18.1 Å². The summed E-state index contributed by atoms with van der Waals surface area (Å²) in [5.74, 6) is 0.930. The second-order valence-electron chi connectivity index (χ2n) is 6.27. The van der Waals surface area contributed by atoms with Crippen molar-refractivity contribution in [3.8, 4) is 0 Å². The second-order valence-corrected chi connectivity index (χ2v) is 7.30. The molecule has 0 spiro atoms. The van der Waals surface area contributed by atoms with E-state index < -0.39 is 0 Å². The van der Waals surface area contributed by atoms with E-state index in [9.17, 15) is 0 Å². The third-order valence-corrected chi connectivity index (χ3v) is 4.05. The number of hydrogen-bond donors (Lipinski definition) is 1. The summed E-state index contributed by atoms with van der Waals surface area (Å²) in [5, 5.41) is 9.68. The Kier molecular flexibility index (Phi) is 5.56. The molecule has 4 nitrogen and oxygen atoms in total. The van der Waals surface area contributed by atoms with Gasteiger partial charge in [-0.15, -0.1) is 11.3 Å². The third kappa shape index (κ3) is 5.61. The van der Waals surface area contributed by atoms with E-state index in [0.717, 1.165) is 37.6 Å². The van der Waals surface area contributed by atoms with Crippen LogP contribution in [0.3, 0.4) is 0 Å². The van der Waals surface area contributed by atoms with Crippen LogP contribution in [0.5, 0.6) is 0 Å². The first-order chi connectivity index (χ1) is 9.96. The Balaban J connectivity index is 1.88. The molecular weight excluding hydrogens is 282 g/mol. The molecule has 0 atom stereocenters. The third-order valence-electron chi connectivity index (χ3n) is 3.19. The van der Waals surface area contributed by atoms with Gasteiger partial charge in [-0.25, -0.2) is 0 Å². The lowest BCUT2D eigenvalue weighted by atomic mass is 10.1. The highest BCUT2D eigenvalue weighted by molar-refractivity contribution is 7.09. The summed E-state index contributed by atoms with van der Waals surface area (Å²) in [5.41, 5.74) is 1.06.